The van der Waals surface area contributed by atoms with Gasteiger partial charge in [-0.2, -0.15) is 0 Å². The number of carbonyl (C=O) groups excluding carboxylic acids is 4. The fourth-order valence-electron chi connectivity index (χ4n) is 2.68. The monoisotopic (exact) mass is 455 g/mol. The SMILES string of the molecule is CC(=O)N[C@H]1[C@H](OC(C)=O)[C@H](OC(C)=O)[C@H](COC(C)=O)O[C@@H]1SC[C@H](O)CCl. The molecule has 0 unspecified atom stereocenters. The molecule has 0 aromatic carbocycles. The van der Waals surface area contributed by atoms with Crippen molar-refractivity contribution in [2.45, 2.75) is 63.6 Å². The molecule has 1 fully saturated rings. The Bertz CT molecular complexity index is 605. The van der Waals surface area contributed by atoms with Crippen LogP contribution < -0.4 is 5.32 Å². The maximum absolute atomic E-state index is 11.7. The summed E-state index contributed by atoms with van der Waals surface area (Å²) in [5.74, 6) is -2.20. The molecule has 1 amide bonds. The Hall–Kier alpha value is -1.56. The molecule has 0 radical (unpaired) electrons. The standard InChI is InChI=1S/C17H26ClNO9S/c1-8(20)19-14-16(27-11(4)23)15(26-10(3)22)13(6-25-9(2)21)28-17(14)29-7-12(24)5-18/h12-17,24H,5-7H2,1-4H3,(H,19,20)/t12-,13+,14+,15-,16+,17-/m1/s1. The summed E-state index contributed by atoms with van der Waals surface area (Å²) in [6, 6.07) is -0.901. The highest BCUT2D eigenvalue weighted by Gasteiger charge is 2.50. The first-order valence-electron chi connectivity index (χ1n) is 8.81. The van der Waals surface area contributed by atoms with E-state index in [1.807, 2.05) is 0 Å². The molecule has 6 atom stereocenters. The molecule has 2 N–H and O–H groups in total. The van der Waals surface area contributed by atoms with E-state index in [1.54, 1.807) is 0 Å². The topological polar surface area (TPSA) is 137 Å². The Morgan fingerprint density at radius 1 is 1.07 bits per heavy atom. The van der Waals surface area contributed by atoms with Crippen molar-refractivity contribution >= 4 is 47.2 Å². The molecule has 0 aliphatic carbocycles. The second-order valence-electron chi connectivity index (χ2n) is 6.36. The molecule has 0 saturated carbocycles. The first-order chi connectivity index (χ1) is 13.5. The van der Waals surface area contributed by atoms with Gasteiger partial charge in [0.25, 0.3) is 0 Å². The molecule has 29 heavy (non-hydrogen) atoms. The predicted molar refractivity (Wildman–Crippen MR) is 103 cm³/mol. The van der Waals surface area contributed by atoms with Crippen LogP contribution in [0.5, 0.6) is 0 Å². The van der Waals surface area contributed by atoms with Gasteiger partial charge in [-0.05, 0) is 0 Å². The van der Waals surface area contributed by atoms with Gasteiger partial charge in [-0.25, -0.2) is 0 Å². The average molecular weight is 456 g/mol. The first kappa shape index (κ1) is 25.5. The van der Waals surface area contributed by atoms with E-state index < -0.39 is 59.7 Å². The third kappa shape index (κ3) is 8.77. The van der Waals surface area contributed by atoms with E-state index >= 15 is 0 Å². The Kier molecular flexibility index (Phi) is 10.7. The van der Waals surface area contributed by atoms with Crippen LogP contribution in [0.2, 0.25) is 0 Å². The molecule has 1 saturated heterocycles. The van der Waals surface area contributed by atoms with Crippen molar-refractivity contribution in [1.82, 2.24) is 5.32 Å². The van der Waals surface area contributed by atoms with Crippen LogP contribution in [0.3, 0.4) is 0 Å². The highest BCUT2D eigenvalue weighted by Crippen LogP contribution is 2.33. The Morgan fingerprint density at radius 3 is 2.14 bits per heavy atom. The first-order valence-corrected chi connectivity index (χ1v) is 10.4. The minimum Gasteiger partial charge on any atom is -0.463 e. The Balaban J connectivity index is 3.24. The summed E-state index contributed by atoms with van der Waals surface area (Å²) in [4.78, 5) is 46.3. The highest BCUT2D eigenvalue weighted by atomic mass is 35.5. The third-order valence-electron chi connectivity index (χ3n) is 3.70. The highest BCUT2D eigenvalue weighted by molar-refractivity contribution is 7.99. The fraction of sp³-hybridized carbons (Fsp3) is 0.765. The van der Waals surface area contributed by atoms with Gasteiger partial charge in [-0.3, -0.25) is 19.2 Å². The van der Waals surface area contributed by atoms with Gasteiger partial charge in [0, 0.05) is 39.3 Å². The number of amides is 1. The zero-order valence-corrected chi connectivity index (χ0v) is 18.2. The summed E-state index contributed by atoms with van der Waals surface area (Å²) in [5, 5.41) is 12.4. The lowest BCUT2D eigenvalue weighted by atomic mass is 9.97. The second kappa shape index (κ2) is 12.2. The summed E-state index contributed by atoms with van der Waals surface area (Å²) in [6.45, 7) is 4.54. The van der Waals surface area contributed by atoms with Gasteiger partial charge in [0.15, 0.2) is 12.2 Å². The Morgan fingerprint density at radius 2 is 1.66 bits per heavy atom. The number of carbonyl (C=O) groups is 4. The number of halogens is 1. The Labute approximate surface area is 177 Å². The van der Waals surface area contributed by atoms with E-state index in [0.717, 1.165) is 11.8 Å². The van der Waals surface area contributed by atoms with E-state index in [4.69, 9.17) is 30.5 Å². The number of rotatable bonds is 9. The van der Waals surface area contributed by atoms with E-state index in [9.17, 15) is 24.3 Å². The van der Waals surface area contributed by atoms with Crippen LogP contribution in [0.25, 0.3) is 0 Å². The summed E-state index contributed by atoms with van der Waals surface area (Å²) in [5.41, 5.74) is -0.812. The normalized spacial score (nSPS) is 27.4. The molecular formula is C17H26ClNO9S. The fourth-order valence-corrected chi connectivity index (χ4v) is 4.10. The number of hydrogen-bond donors (Lipinski definition) is 2. The molecule has 1 rings (SSSR count). The van der Waals surface area contributed by atoms with Crippen LogP contribution in [0, 0.1) is 0 Å². The van der Waals surface area contributed by atoms with E-state index in [0.29, 0.717) is 0 Å². The van der Waals surface area contributed by atoms with Gasteiger partial charge in [0.1, 0.15) is 24.2 Å². The summed E-state index contributed by atoms with van der Waals surface area (Å²) < 4.78 is 21.6. The lowest BCUT2D eigenvalue weighted by molar-refractivity contribution is -0.211. The minimum absolute atomic E-state index is 0.00908. The van der Waals surface area contributed by atoms with Gasteiger partial charge in [0.2, 0.25) is 5.91 Å². The lowest BCUT2D eigenvalue weighted by Gasteiger charge is -2.45. The van der Waals surface area contributed by atoms with Crippen molar-refractivity contribution in [3.8, 4) is 0 Å². The number of aliphatic hydroxyl groups excluding tert-OH is 1. The smallest absolute Gasteiger partial charge is 0.303 e. The summed E-state index contributed by atoms with van der Waals surface area (Å²) in [7, 11) is 0. The van der Waals surface area contributed by atoms with Crippen molar-refractivity contribution in [2.24, 2.45) is 0 Å². The molecule has 12 heteroatoms. The summed E-state index contributed by atoms with van der Waals surface area (Å²) >= 11 is 6.75. The second-order valence-corrected chi connectivity index (χ2v) is 7.80. The van der Waals surface area contributed by atoms with Crippen LogP contribution in [-0.4, -0.2) is 83.1 Å². The van der Waals surface area contributed by atoms with Gasteiger partial charge >= 0.3 is 17.9 Å². The number of nitrogens with one attached hydrogen (secondary N) is 1. The van der Waals surface area contributed by atoms with Gasteiger partial charge < -0.3 is 29.4 Å². The van der Waals surface area contributed by atoms with Crippen LogP contribution in [0.4, 0.5) is 0 Å². The number of aliphatic hydroxyl groups is 1. The minimum atomic E-state index is -1.14. The van der Waals surface area contributed by atoms with Crippen LogP contribution in [0.1, 0.15) is 27.7 Å². The zero-order valence-electron chi connectivity index (χ0n) is 16.6. The van der Waals surface area contributed by atoms with E-state index in [-0.39, 0.29) is 18.2 Å². The quantitative estimate of drug-likeness (QED) is 0.277. The number of alkyl halides is 1. The predicted octanol–water partition coefficient (Wildman–Crippen LogP) is -0.0246. The van der Waals surface area contributed by atoms with Crippen molar-refractivity contribution in [1.29, 1.82) is 0 Å². The molecule has 10 nitrogen and oxygen atoms in total. The van der Waals surface area contributed by atoms with Crippen molar-refractivity contribution < 1.29 is 43.2 Å². The van der Waals surface area contributed by atoms with E-state index in [1.165, 1.54) is 27.7 Å². The lowest BCUT2D eigenvalue weighted by Crippen LogP contribution is -2.65. The molecule has 166 valence electrons. The third-order valence-corrected chi connectivity index (χ3v) is 5.37. The van der Waals surface area contributed by atoms with Gasteiger partial charge in [0.05, 0.1) is 6.10 Å². The number of hydrogen-bond acceptors (Lipinski definition) is 10. The molecule has 1 aliphatic rings. The largest absolute Gasteiger partial charge is 0.463 e. The zero-order chi connectivity index (χ0) is 22.1. The number of esters is 3. The molecule has 0 aromatic rings. The maximum Gasteiger partial charge on any atom is 0.303 e. The van der Waals surface area contributed by atoms with Crippen LogP contribution >= 0.6 is 23.4 Å². The van der Waals surface area contributed by atoms with E-state index in [2.05, 4.69) is 5.32 Å². The molecule has 1 heterocycles. The maximum atomic E-state index is 11.7. The van der Waals surface area contributed by atoms with Crippen LogP contribution in [-0.2, 0) is 38.1 Å². The van der Waals surface area contributed by atoms with Crippen molar-refractivity contribution in [3.05, 3.63) is 0 Å². The number of ether oxygens (including phenoxy) is 4. The molecule has 0 aromatic heterocycles. The molecule has 1 aliphatic heterocycles. The van der Waals surface area contributed by atoms with Crippen molar-refractivity contribution in [2.75, 3.05) is 18.2 Å². The average Bonchev–Trinajstić information content (AvgIpc) is 2.60. The molecular weight excluding hydrogens is 430 g/mol. The van der Waals surface area contributed by atoms with Crippen LogP contribution in [0.15, 0.2) is 0 Å². The van der Waals surface area contributed by atoms with Gasteiger partial charge in [-0.15, -0.1) is 23.4 Å². The summed E-state index contributed by atoms with van der Waals surface area (Å²) in [6.07, 6.45) is -4.06. The molecule has 0 spiro atoms. The van der Waals surface area contributed by atoms with Crippen molar-refractivity contribution in [3.63, 3.8) is 0 Å². The molecule has 0 bridgehead atoms. The number of thioether (sulfide) groups is 1. The van der Waals surface area contributed by atoms with Gasteiger partial charge in [-0.1, -0.05) is 0 Å².